The number of hydrogen-bond acceptors (Lipinski definition) is 3. The fraction of sp³-hybridized carbons (Fsp3) is 0.0714. The summed E-state index contributed by atoms with van der Waals surface area (Å²) >= 11 is 0. The highest BCUT2D eigenvalue weighted by atomic mass is 19.4. The minimum Gasteiger partial charge on any atom is -0.316 e. The van der Waals surface area contributed by atoms with Gasteiger partial charge in [0, 0.05) is 6.07 Å². The lowest BCUT2D eigenvalue weighted by Gasteiger charge is -2.12. The van der Waals surface area contributed by atoms with Crippen molar-refractivity contribution in [1.29, 1.82) is 0 Å². The zero-order chi connectivity index (χ0) is 16.3. The SMILES string of the molecule is O=C(Nc1ccccc1[N+](=O)[O-])c1ccccc1C(F)(F)F. The Balaban J connectivity index is 2.38. The van der Waals surface area contributed by atoms with Crippen molar-refractivity contribution in [1.82, 2.24) is 0 Å². The van der Waals surface area contributed by atoms with Crippen LogP contribution in [0.15, 0.2) is 48.5 Å². The fourth-order valence-corrected chi connectivity index (χ4v) is 1.86. The molecule has 0 spiro atoms. The second kappa shape index (κ2) is 5.84. The molecule has 2 aromatic carbocycles. The minimum absolute atomic E-state index is 0.172. The Hall–Kier alpha value is -2.90. The molecule has 0 heterocycles. The molecule has 0 aromatic heterocycles. The van der Waals surface area contributed by atoms with Crippen LogP contribution in [0.25, 0.3) is 0 Å². The van der Waals surface area contributed by atoms with E-state index in [9.17, 15) is 28.1 Å². The van der Waals surface area contributed by atoms with Gasteiger partial charge in [0.15, 0.2) is 0 Å². The van der Waals surface area contributed by atoms with Gasteiger partial charge in [0.1, 0.15) is 5.69 Å². The summed E-state index contributed by atoms with van der Waals surface area (Å²) < 4.78 is 38.6. The van der Waals surface area contributed by atoms with Gasteiger partial charge in [0.05, 0.1) is 16.1 Å². The first kappa shape index (κ1) is 15.5. The highest BCUT2D eigenvalue weighted by Gasteiger charge is 2.35. The number of halogens is 3. The lowest BCUT2D eigenvalue weighted by atomic mass is 10.1. The van der Waals surface area contributed by atoms with Crippen molar-refractivity contribution in [3.63, 3.8) is 0 Å². The third kappa shape index (κ3) is 3.22. The van der Waals surface area contributed by atoms with Gasteiger partial charge in [0.2, 0.25) is 0 Å². The van der Waals surface area contributed by atoms with E-state index < -0.39 is 33.8 Å². The third-order valence-corrected chi connectivity index (χ3v) is 2.83. The number of hydrogen-bond donors (Lipinski definition) is 1. The van der Waals surface area contributed by atoms with Crippen molar-refractivity contribution in [2.75, 3.05) is 5.32 Å². The molecule has 1 amide bonds. The molecule has 0 bridgehead atoms. The van der Waals surface area contributed by atoms with Crippen LogP contribution >= 0.6 is 0 Å². The Morgan fingerprint density at radius 2 is 1.64 bits per heavy atom. The van der Waals surface area contributed by atoms with E-state index in [1.54, 1.807) is 0 Å². The van der Waals surface area contributed by atoms with Crippen LogP contribution in [0, 0.1) is 10.1 Å². The number of rotatable bonds is 3. The van der Waals surface area contributed by atoms with Crippen molar-refractivity contribution >= 4 is 17.3 Å². The largest absolute Gasteiger partial charge is 0.417 e. The molecule has 0 atom stereocenters. The van der Waals surface area contributed by atoms with Gasteiger partial charge in [0.25, 0.3) is 11.6 Å². The van der Waals surface area contributed by atoms with Gasteiger partial charge in [-0.3, -0.25) is 14.9 Å². The number of anilines is 1. The van der Waals surface area contributed by atoms with Crippen LogP contribution in [-0.2, 0) is 6.18 Å². The minimum atomic E-state index is -4.70. The molecule has 0 fully saturated rings. The molecule has 22 heavy (non-hydrogen) atoms. The van der Waals surface area contributed by atoms with Gasteiger partial charge in [-0.1, -0.05) is 24.3 Å². The quantitative estimate of drug-likeness (QED) is 0.691. The molecule has 8 heteroatoms. The first-order valence-corrected chi connectivity index (χ1v) is 6.01. The summed E-state index contributed by atoms with van der Waals surface area (Å²) in [5.74, 6) is -1.07. The zero-order valence-electron chi connectivity index (χ0n) is 10.9. The van der Waals surface area contributed by atoms with E-state index in [0.29, 0.717) is 0 Å². The second-order valence-electron chi connectivity index (χ2n) is 4.27. The average Bonchev–Trinajstić information content (AvgIpc) is 2.46. The summed E-state index contributed by atoms with van der Waals surface area (Å²) in [4.78, 5) is 22.1. The first-order chi connectivity index (χ1) is 10.3. The van der Waals surface area contributed by atoms with Gasteiger partial charge >= 0.3 is 6.18 Å². The Morgan fingerprint density at radius 1 is 1.05 bits per heavy atom. The van der Waals surface area contributed by atoms with E-state index in [2.05, 4.69) is 5.32 Å². The Morgan fingerprint density at radius 3 is 2.27 bits per heavy atom. The molecule has 0 aliphatic heterocycles. The molecule has 1 N–H and O–H groups in total. The van der Waals surface area contributed by atoms with Crippen LogP contribution in [0.5, 0.6) is 0 Å². The Bertz CT molecular complexity index is 729. The number of amides is 1. The Labute approximate surface area is 122 Å². The molecule has 2 aromatic rings. The number of nitrogens with one attached hydrogen (secondary N) is 1. The van der Waals surface area contributed by atoms with Gasteiger partial charge in [-0.2, -0.15) is 13.2 Å². The number of nitrogens with zero attached hydrogens (tertiary/aromatic N) is 1. The number of carbonyl (C=O) groups is 1. The topological polar surface area (TPSA) is 72.2 Å². The summed E-state index contributed by atoms with van der Waals surface area (Å²) in [6.45, 7) is 0. The van der Waals surface area contributed by atoms with Crippen LogP contribution in [-0.4, -0.2) is 10.8 Å². The molecule has 0 saturated heterocycles. The molecule has 0 radical (unpaired) electrons. The predicted molar refractivity (Wildman–Crippen MR) is 72.5 cm³/mol. The second-order valence-corrected chi connectivity index (χ2v) is 4.27. The fourth-order valence-electron chi connectivity index (χ4n) is 1.86. The smallest absolute Gasteiger partial charge is 0.316 e. The predicted octanol–water partition coefficient (Wildman–Crippen LogP) is 3.87. The number of nitro benzene ring substituents is 1. The van der Waals surface area contributed by atoms with Gasteiger partial charge in [-0.25, -0.2) is 0 Å². The van der Waals surface area contributed by atoms with Crippen molar-refractivity contribution in [3.05, 3.63) is 69.8 Å². The molecular formula is C14H9F3N2O3. The maximum Gasteiger partial charge on any atom is 0.417 e. The van der Waals surface area contributed by atoms with Crippen molar-refractivity contribution < 1.29 is 22.9 Å². The highest BCUT2D eigenvalue weighted by molar-refractivity contribution is 6.06. The lowest BCUT2D eigenvalue weighted by molar-refractivity contribution is -0.383. The molecule has 5 nitrogen and oxygen atoms in total. The normalized spacial score (nSPS) is 11.0. The van der Waals surface area contributed by atoms with Crippen LogP contribution < -0.4 is 5.32 Å². The van der Waals surface area contributed by atoms with Crippen LogP contribution in [0.3, 0.4) is 0 Å². The van der Waals surface area contributed by atoms with E-state index in [1.807, 2.05) is 0 Å². The molecule has 114 valence electrons. The average molecular weight is 310 g/mol. The maximum atomic E-state index is 12.9. The zero-order valence-corrected chi connectivity index (χ0v) is 10.9. The molecule has 2 rings (SSSR count). The molecule has 0 aliphatic carbocycles. The van der Waals surface area contributed by atoms with Crippen molar-refractivity contribution in [2.24, 2.45) is 0 Å². The Kier molecular flexibility index (Phi) is 4.11. The van der Waals surface area contributed by atoms with E-state index >= 15 is 0 Å². The highest BCUT2D eigenvalue weighted by Crippen LogP contribution is 2.32. The summed E-state index contributed by atoms with van der Waals surface area (Å²) in [6, 6.07) is 9.42. The monoisotopic (exact) mass is 310 g/mol. The molecule has 0 aliphatic rings. The van der Waals surface area contributed by atoms with Crippen LogP contribution in [0.1, 0.15) is 15.9 Å². The maximum absolute atomic E-state index is 12.9. The lowest BCUT2D eigenvalue weighted by Crippen LogP contribution is -2.19. The molecule has 0 unspecified atom stereocenters. The van der Waals surface area contributed by atoms with E-state index in [4.69, 9.17) is 0 Å². The van der Waals surface area contributed by atoms with Crippen molar-refractivity contribution in [2.45, 2.75) is 6.18 Å². The van der Waals surface area contributed by atoms with Crippen LogP contribution in [0.4, 0.5) is 24.5 Å². The van der Waals surface area contributed by atoms with Gasteiger partial charge < -0.3 is 5.32 Å². The van der Waals surface area contributed by atoms with E-state index in [0.717, 1.165) is 24.3 Å². The molecular weight excluding hydrogens is 301 g/mol. The summed E-state index contributed by atoms with van der Waals surface area (Å²) in [6.07, 6.45) is -4.70. The standard InChI is InChI=1S/C14H9F3N2O3/c15-14(16,17)10-6-2-1-5-9(10)13(20)18-11-7-3-4-8-12(11)19(21)22/h1-8H,(H,18,20). The van der Waals surface area contributed by atoms with E-state index in [1.165, 1.54) is 24.3 Å². The number of nitro groups is 1. The summed E-state index contributed by atoms with van der Waals surface area (Å²) in [5.41, 5.74) is -2.28. The number of para-hydroxylation sites is 2. The van der Waals surface area contributed by atoms with E-state index in [-0.39, 0.29) is 5.69 Å². The third-order valence-electron chi connectivity index (χ3n) is 2.83. The number of alkyl halides is 3. The number of carbonyl (C=O) groups excluding carboxylic acids is 1. The van der Waals surface area contributed by atoms with Gasteiger partial charge in [-0.15, -0.1) is 0 Å². The number of benzene rings is 2. The van der Waals surface area contributed by atoms with Gasteiger partial charge in [-0.05, 0) is 18.2 Å². The summed E-state index contributed by atoms with van der Waals surface area (Å²) in [7, 11) is 0. The molecule has 0 saturated carbocycles. The van der Waals surface area contributed by atoms with Crippen molar-refractivity contribution in [3.8, 4) is 0 Å². The summed E-state index contributed by atoms with van der Waals surface area (Å²) in [5, 5.41) is 13.0. The first-order valence-electron chi connectivity index (χ1n) is 6.01. The van der Waals surface area contributed by atoms with Crippen LogP contribution in [0.2, 0.25) is 0 Å².